The van der Waals surface area contributed by atoms with E-state index < -0.39 is 6.29 Å². The van der Waals surface area contributed by atoms with Gasteiger partial charge in [-0.15, -0.1) is 12.8 Å². The van der Waals surface area contributed by atoms with E-state index >= 15 is 0 Å². The highest BCUT2D eigenvalue weighted by Crippen LogP contribution is 2.43. The zero-order valence-corrected chi connectivity index (χ0v) is 8.32. The second kappa shape index (κ2) is 4.71. The Morgan fingerprint density at radius 2 is 1.60 bits per heavy atom. The summed E-state index contributed by atoms with van der Waals surface area (Å²) in [4.78, 5) is 0. The number of ether oxygens (including phenoxy) is 2. The highest BCUT2D eigenvalue weighted by atomic mass is 16.7. The topological polar surface area (TPSA) is 18.5 Å². The molecule has 1 aliphatic heterocycles. The molecular weight excluding hydrogens is 188 g/mol. The smallest absolute Gasteiger partial charge is 0.167 e. The first-order valence-electron chi connectivity index (χ1n) is 4.83. The summed E-state index contributed by atoms with van der Waals surface area (Å²) in [7, 11) is 0. The van der Waals surface area contributed by atoms with Gasteiger partial charge in [-0.05, 0) is 19.3 Å². The van der Waals surface area contributed by atoms with Crippen molar-refractivity contribution in [2.24, 2.45) is 0 Å². The van der Waals surface area contributed by atoms with Gasteiger partial charge in [-0.2, -0.15) is 0 Å². The number of hydrogen-bond donors (Lipinski definition) is 0. The molecule has 2 rings (SSSR count). The molecule has 2 nitrogen and oxygen atoms in total. The minimum Gasteiger partial charge on any atom is -0.352 e. The quantitative estimate of drug-likeness (QED) is 0.590. The van der Waals surface area contributed by atoms with Crippen LogP contribution in [0.4, 0.5) is 0 Å². The predicted molar refractivity (Wildman–Crippen MR) is 56.3 cm³/mol. The fourth-order valence-corrected chi connectivity index (χ4v) is 1.65. The van der Waals surface area contributed by atoms with Crippen LogP contribution in [0.15, 0.2) is 0 Å². The molecule has 2 aliphatic rings. The van der Waals surface area contributed by atoms with Gasteiger partial charge in [0.15, 0.2) is 6.29 Å². The van der Waals surface area contributed by atoms with E-state index in [1.165, 1.54) is 0 Å². The largest absolute Gasteiger partial charge is 0.352 e. The van der Waals surface area contributed by atoms with E-state index in [9.17, 15) is 0 Å². The number of hydrogen-bond acceptors (Lipinski definition) is 2. The van der Waals surface area contributed by atoms with Gasteiger partial charge < -0.3 is 9.47 Å². The molecule has 0 N–H and O–H groups in total. The van der Waals surface area contributed by atoms with E-state index in [0.29, 0.717) is 13.2 Å². The maximum absolute atomic E-state index is 5.49. The summed E-state index contributed by atoms with van der Waals surface area (Å²) in [6, 6.07) is 0. The fourth-order valence-electron chi connectivity index (χ4n) is 1.65. The first-order chi connectivity index (χ1) is 7.36. The van der Waals surface area contributed by atoms with E-state index in [0.717, 1.165) is 24.2 Å². The van der Waals surface area contributed by atoms with Crippen molar-refractivity contribution in [2.45, 2.75) is 12.7 Å². The van der Waals surface area contributed by atoms with Gasteiger partial charge in [0.2, 0.25) is 0 Å². The lowest BCUT2D eigenvalue weighted by molar-refractivity contribution is -0.165. The molecule has 2 heteroatoms. The Bertz CT molecular complexity index is 269. The molecule has 0 aromatic rings. The van der Waals surface area contributed by atoms with Crippen LogP contribution in [0.3, 0.4) is 0 Å². The highest BCUT2D eigenvalue weighted by Gasteiger charge is 2.43. The van der Waals surface area contributed by atoms with Crippen LogP contribution in [0.25, 0.3) is 0 Å². The third kappa shape index (κ3) is 2.02. The van der Waals surface area contributed by atoms with Gasteiger partial charge in [-0.1, -0.05) is 11.8 Å². The van der Waals surface area contributed by atoms with Gasteiger partial charge in [0, 0.05) is 0 Å². The molecule has 1 saturated carbocycles. The molecule has 1 aliphatic carbocycles. The molecule has 0 unspecified atom stereocenters. The summed E-state index contributed by atoms with van der Waals surface area (Å²) in [5.41, 5.74) is 0. The molecule has 0 bridgehead atoms. The van der Waals surface area contributed by atoms with Crippen LogP contribution in [0, 0.1) is 55.3 Å². The van der Waals surface area contributed by atoms with Crippen molar-refractivity contribution in [1.29, 1.82) is 0 Å². The van der Waals surface area contributed by atoms with Crippen LogP contribution >= 0.6 is 0 Å². The second-order valence-electron chi connectivity index (χ2n) is 3.29. The van der Waals surface area contributed by atoms with Gasteiger partial charge in [0.1, 0.15) is 0 Å². The number of rotatable bonds is 1. The van der Waals surface area contributed by atoms with E-state index in [1.807, 2.05) is 12.8 Å². The minimum absolute atomic E-state index is 0.397. The van der Waals surface area contributed by atoms with Gasteiger partial charge in [-0.25, -0.2) is 0 Å². The third-order valence-corrected chi connectivity index (χ3v) is 2.37. The van der Waals surface area contributed by atoms with E-state index in [1.54, 1.807) is 0 Å². The van der Waals surface area contributed by atoms with Crippen molar-refractivity contribution in [3.8, 4) is 24.7 Å². The lowest BCUT2D eigenvalue weighted by Crippen LogP contribution is -2.34. The van der Waals surface area contributed by atoms with Crippen molar-refractivity contribution in [2.75, 3.05) is 13.2 Å². The predicted octanol–water partition coefficient (Wildman–Crippen LogP) is 1.16. The van der Waals surface area contributed by atoms with Crippen molar-refractivity contribution in [1.82, 2.24) is 0 Å². The Labute approximate surface area is 91.3 Å². The molecule has 75 valence electrons. The zero-order chi connectivity index (χ0) is 10.7. The Morgan fingerprint density at radius 3 is 2.07 bits per heavy atom. The monoisotopic (exact) mass is 199 g/mol. The van der Waals surface area contributed by atoms with Crippen LogP contribution < -0.4 is 0 Å². The Hall–Kier alpha value is -0.960. The second-order valence-corrected chi connectivity index (χ2v) is 3.29. The molecular formula is C13H11O2. The van der Waals surface area contributed by atoms with E-state index in [-0.39, 0.29) is 0 Å². The minimum atomic E-state index is -0.397. The molecule has 15 heavy (non-hydrogen) atoms. The van der Waals surface area contributed by atoms with Crippen LogP contribution in [-0.4, -0.2) is 19.5 Å². The molecule has 1 saturated heterocycles. The van der Waals surface area contributed by atoms with E-state index in [2.05, 4.69) is 11.8 Å². The van der Waals surface area contributed by atoms with Crippen LogP contribution in [-0.2, 0) is 9.47 Å². The molecule has 1 heterocycles. The number of terminal acetylenes is 2. The summed E-state index contributed by atoms with van der Waals surface area (Å²) >= 11 is 0. The third-order valence-electron chi connectivity index (χ3n) is 2.37. The van der Waals surface area contributed by atoms with Crippen molar-refractivity contribution in [3.05, 3.63) is 30.6 Å². The summed E-state index contributed by atoms with van der Waals surface area (Å²) in [6.07, 6.45) is 15.0. The lowest BCUT2D eigenvalue weighted by atomic mass is 9.89. The molecule has 2 fully saturated rings. The molecule has 0 atom stereocenters. The van der Waals surface area contributed by atoms with Crippen molar-refractivity contribution >= 4 is 0 Å². The van der Waals surface area contributed by atoms with E-state index in [4.69, 9.17) is 22.3 Å². The standard InChI is InChI=1S/C13H11O2/c1-3-10-6-7-11(4-2)12(10)13-14-8-5-9-15-13/h1-2,6-7,13H,5,8-9H2. The summed E-state index contributed by atoms with van der Waals surface area (Å²) in [5, 5.41) is 0. The Morgan fingerprint density at radius 1 is 1.07 bits per heavy atom. The molecule has 0 spiro atoms. The Kier molecular flexibility index (Phi) is 3.31. The van der Waals surface area contributed by atoms with Crippen molar-refractivity contribution in [3.63, 3.8) is 0 Å². The van der Waals surface area contributed by atoms with Gasteiger partial charge in [0.05, 0.1) is 31.0 Å². The first-order valence-corrected chi connectivity index (χ1v) is 4.83. The van der Waals surface area contributed by atoms with Gasteiger partial charge in [-0.3, -0.25) is 0 Å². The summed E-state index contributed by atoms with van der Waals surface area (Å²) < 4.78 is 11.0. The SMILES string of the molecule is C#C[C]1[CH][CH][C](C#C)[C]1C1OCCCO1. The fraction of sp³-hybridized carbons (Fsp3) is 0.308. The molecule has 0 aromatic heterocycles. The normalized spacial score (nSPS) is 26.3. The first kappa shape index (κ1) is 10.6. The van der Waals surface area contributed by atoms with Crippen LogP contribution in [0.5, 0.6) is 0 Å². The maximum atomic E-state index is 5.49. The Balaban J connectivity index is 2.09. The van der Waals surface area contributed by atoms with Crippen LogP contribution in [0.2, 0.25) is 0 Å². The maximum Gasteiger partial charge on any atom is 0.167 e. The summed E-state index contributed by atoms with van der Waals surface area (Å²) in [5.74, 6) is 7.52. The lowest BCUT2D eigenvalue weighted by Gasteiger charge is -2.30. The van der Waals surface area contributed by atoms with Gasteiger partial charge >= 0.3 is 0 Å². The van der Waals surface area contributed by atoms with Crippen molar-refractivity contribution < 1.29 is 9.47 Å². The zero-order valence-electron chi connectivity index (χ0n) is 8.32. The molecule has 0 aromatic carbocycles. The average molecular weight is 199 g/mol. The van der Waals surface area contributed by atoms with Gasteiger partial charge in [0.25, 0.3) is 0 Å². The summed E-state index contributed by atoms with van der Waals surface area (Å²) in [6.45, 7) is 1.37. The highest BCUT2D eigenvalue weighted by molar-refractivity contribution is 5.63. The van der Waals surface area contributed by atoms with Crippen LogP contribution in [0.1, 0.15) is 6.42 Å². The molecule has 0 amide bonds. The average Bonchev–Trinajstić information content (AvgIpc) is 2.72. The molecule has 5 radical (unpaired) electrons.